The Kier molecular flexibility index (Phi) is 7.59. The molecule has 1 unspecified atom stereocenters. The van der Waals surface area contributed by atoms with E-state index in [1.54, 1.807) is 0 Å². The standard InChI is InChI=1S/C8H18O2S3/c1-8(2,3)12-11-6-4-5-7-13(9)10/h4-7H2,1-3H3,(H,9,10). The summed E-state index contributed by atoms with van der Waals surface area (Å²) < 4.78 is 19.1. The predicted molar refractivity (Wildman–Crippen MR) is 64.7 cm³/mol. The summed E-state index contributed by atoms with van der Waals surface area (Å²) in [4.78, 5) is 0. The van der Waals surface area contributed by atoms with Crippen molar-refractivity contribution >= 4 is 32.7 Å². The SMILES string of the molecule is CC(C)(C)SSCCCCS(=O)O. The Bertz CT molecular complexity index is 154. The van der Waals surface area contributed by atoms with E-state index < -0.39 is 11.1 Å². The molecule has 0 radical (unpaired) electrons. The first-order valence-corrected chi connectivity index (χ1v) is 7.89. The normalized spacial score (nSPS) is 14.5. The summed E-state index contributed by atoms with van der Waals surface area (Å²) in [6.45, 7) is 6.56. The zero-order valence-electron chi connectivity index (χ0n) is 8.41. The molecule has 5 heteroatoms. The van der Waals surface area contributed by atoms with Crippen molar-refractivity contribution in [1.29, 1.82) is 0 Å². The van der Waals surface area contributed by atoms with Gasteiger partial charge in [-0.2, -0.15) is 0 Å². The van der Waals surface area contributed by atoms with Crippen LogP contribution in [-0.2, 0) is 11.1 Å². The van der Waals surface area contributed by atoms with E-state index in [4.69, 9.17) is 4.55 Å². The second-order valence-electron chi connectivity index (χ2n) is 3.75. The first kappa shape index (κ1) is 13.8. The lowest BCUT2D eigenvalue weighted by molar-refractivity contribution is 0.561. The molecule has 0 aromatic carbocycles. The topological polar surface area (TPSA) is 37.3 Å². The molecule has 1 atom stereocenters. The molecular weight excluding hydrogens is 224 g/mol. The maximum atomic E-state index is 10.3. The lowest BCUT2D eigenvalue weighted by atomic mass is 10.3. The average Bonchev–Trinajstić information content (AvgIpc) is 1.93. The molecule has 0 aromatic heterocycles. The van der Waals surface area contributed by atoms with Gasteiger partial charge in [-0.1, -0.05) is 42.4 Å². The Morgan fingerprint density at radius 3 is 2.38 bits per heavy atom. The van der Waals surface area contributed by atoms with Crippen molar-refractivity contribution in [2.45, 2.75) is 38.4 Å². The smallest absolute Gasteiger partial charge is 0.152 e. The summed E-state index contributed by atoms with van der Waals surface area (Å²) in [5, 5.41) is 0. The van der Waals surface area contributed by atoms with Gasteiger partial charge in [0.05, 0.1) is 0 Å². The molecular formula is C8H18O2S3. The quantitative estimate of drug-likeness (QED) is 0.441. The minimum atomic E-state index is -1.60. The van der Waals surface area contributed by atoms with Crippen LogP contribution in [0.4, 0.5) is 0 Å². The largest absolute Gasteiger partial charge is 0.306 e. The van der Waals surface area contributed by atoms with Crippen LogP contribution in [0.5, 0.6) is 0 Å². The van der Waals surface area contributed by atoms with Gasteiger partial charge < -0.3 is 4.55 Å². The molecule has 0 aromatic rings. The molecule has 0 bridgehead atoms. The number of rotatable bonds is 6. The van der Waals surface area contributed by atoms with Crippen molar-refractivity contribution < 1.29 is 8.76 Å². The highest BCUT2D eigenvalue weighted by molar-refractivity contribution is 8.77. The second kappa shape index (κ2) is 7.15. The van der Waals surface area contributed by atoms with Gasteiger partial charge in [-0.3, -0.25) is 0 Å². The molecule has 80 valence electrons. The minimum absolute atomic E-state index is 0.310. The lowest BCUT2D eigenvalue weighted by Gasteiger charge is -2.15. The number of hydrogen-bond acceptors (Lipinski definition) is 3. The Labute approximate surface area is 91.3 Å². The fourth-order valence-corrected chi connectivity index (χ4v) is 3.48. The molecule has 0 aliphatic rings. The fraction of sp³-hybridized carbons (Fsp3) is 1.00. The monoisotopic (exact) mass is 242 g/mol. The summed E-state index contributed by atoms with van der Waals surface area (Å²) >= 11 is -1.60. The third kappa shape index (κ3) is 12.8. The van der Waals surface area contributed by atoms with Crippen LogP contribution >= 0.6 is 21.6 Å². The number of unbranched alkanes of at least 4 members (excludes halogenated alkanes) is 1. The van der Waals surface area contributed by atoms with E-state index in [2.05, 4.69) is 20.8 Å². The molecule has 0 saturated heterocycles. The molecule has 13 heavy (non-hydrogen) atoms. The van der Waals surface area contributed by atoms with Crippen molar-refractivity contribution in [3.63, 3.8) is 0 Å². The summed E-state index contributed by atoms with van der Waals surface area (Å²) in [6, 6.07) is 0. The van der Waals surface area contributed by atoms with Crippen molar-refractivity contribution in [3.05, 3.63) is 0 Å². The van der Waals surface area contributed by atoms with Crippen molar-refractivity contribution in [2.24, 2.45) is 0 Å². The summed E-state index contributed by atoms with van der Waals surface area (Å²) in [5.74, 6) is 1.49. The van der Waals surface area contributed by atoms with Crippen LogP contribution in [-0.4, -0.2) is 25.0 Å². The van der Waals surface area contributed by atoms with Gasteiger partial charge >= 0.3 is 0 Å². The van der Waals surface area contributed by atoms with Crippen LogP contribution in [0.1, 0.15) is 33.6 Å². The lowest BCUT2D eigenvalue weighted by Crippen LogP contribution is -2.04. The van der Waals surface area contributed by atoms with Crippen LogP contribution in [0.2, 0.25) is 0 Å². The first-order valence-electron chi connectivity index (χ1n) is 4.30. The third-order valence-corrected chi connectivity index (χ3v) is 5.17. The second-order valence-corrected chi connectivity index (χ2v) is 8.04. The highest BCUT2D eigenvalue weighted by atomic mass is 33.1. The molecule has 0 rings (SSSR count). The maximum Gasteiger partial charge on any atom is 0.152 e. The van der Waals surface area contributed by atoms with Gasteiger partial charge in [-0.15, -0.1) is 0 Å². The highest BCUT2D eigenvalue weighted by Gasteiger charge is 2.10. The summed E-state index contributed by atoms with van der Waals surface area (Å²) in [6.07, 6.45) is 1.88. The van der Waals surface area contributed by atoms with Crippen LogP contribution < -0.4 is 0 Å². The molecule has 1 N–H and O–H groups in total. The van der Waals surface area contributed by atoms with Crippen LogP contribution in [0.15, 0.2) is 0 Å². The summed E-state index contributed by atoms with van der Waals surface area (Å²) in [7, 11) is 3.72. The zero-order chi connectivity index (χ0) is 10.3. The van der Waals surface area contributed by atoms with Gasteiger partial charge in [0, 0.05) is 16.3 Å². The molecule has 0 spiro atoms. The molecule has 0 amide bonds. The van der Waals surface area contributed by atoms with E-state index in [0.717, 1.165) is 18.6 Å². The van der Waals surface area contributed by atoms with E-state index in [1.165, 1.54) is 0 Å². The van der Waals surface area contributed by atoms with Gasteiger partial charge in [0.1, 0.15) is 0 Å². The Morgan fingerprint density at radius 2 is 1.92 bits per heavy atom. The Balaban J connectivity index is 3.13. The summed E-state index contributed by atoms with van der Waals surface area (Å²) in [5.41, 5.74) is 0. The van der Waals surface area contributed by atoms with E-state index in [0.29, 0.717) is 10.5 Å². The predicted octanol–water partition coefficient (Wildman–Crippen LogP) is 3.17. The third-order valence-electron chi connectivity index (χ3n) is 1.11. The molecule has 2 nitrogen and oxygen atoms in total. The maximum absolute atomic E-state index is 10.3. The van der Waals surface area contributed by atoms with E-state index >= 15 is 0 Å². The van der Waals surface area contributed by atoms with Crippen molar-refractivity contribution in [2.75, 3.05) is 11.5 Å². The van der Waals surface area contributed by atoms with Crippen LogP contribution in [0.3, 0.4) is 0 Å². The Hall–Kier alpha value is 0.810. The highest BCUT2D eigenvalue weighted by Crippen LogP contribution is 2.35. The van der Waals surface area contributed by atoms with Crippen molar-refractivity contribution in [3.8, 4) is 0 Å². The molecule has 0 heterocycles. The van der Waals surface area contributed by atoms with E-state index in [-0.39, 0.29) is 0 Å². The van der Waals surface area contributed by atoms with Gasteiger partial charge in [-0.05, 0) is 12.8 Å². The van der Waals surface area contributed by atoms with Gasteiger partial charge in [0.2, 0.25) is 0 Å². The molecule has 0 aliphatic carbocycles. The first-order chi connectivity index (χ1) is 5.92. The van der Waals surface area contributed by atoms with E-state index in [1.807, 2.05) is 21.6 Å². The Morgan fingerprint density at radius 1 is 1.31 bits per heavy atom. The van der Waals surface area contributed by atoms with Gasteiger partial charge in [0.15, 0.2) is 11.1 Å². The molecule has 0 saturated carbocycles. The van der Waals surface area contributed by atoms with Gasteiger partial charge in [0.25, 0.3) is 0 Å². The zero-order valence-corrected chi connectivity index (χ0v) is 10.9. The molecule has 0 aliphatic heterocycles. The number of hydrogen-bond donors (Lipinski definition) is 1. The average molecular weight is 242 g/mol. The van der Waals surface area contributed by atoms with Crippen LogP contribution in [0.25, 0.3) is 0 Å². The van der Waals surface area contributed by atoms with Crippen molar-refractivity contribution in [1.82, 2.24) is 0 Å². The molecule has 0 fully saturated rings. The fourth-order valence-electron chi connectivity index (χ4n) is 0.605. The van der Waals surface area contributed by atoms with E-state index in [9.17, 15) is 4.21 Å². The van der Waals surface area contributed by atoms with Gasteiger partial charge in [-0.25, -0.2) is 4.21 Å². The minimum Gasteiger partial charge on any atom is -0.306 e. The van der Waals surface area contributed by atoms with Crippen LogP contribution in [0, 0.1) is 0 Å².